The molecule has 2 aromatic carbocycles. The Hall–Kier alpha value is -2.87. The largest absolute Gasteiger partial charge is 0.507 e. The van der Waals surface area contributed by atoms with Gasteiger partial charge in [-0.25, -0.2) is 0 Å². The van der Waals surface area contributed by atoms with Gasteiger partial charge in [-0.05, 0) is 60.7 Å². The molecule has 37 heavy (non-hydrogen) atoms. The summed E-state index contributed by atoms with van der Waals surface area (Å²) in [5, 5.41) is 12.0. The molecule has 8 heteroatoms. The van der Waals surface area contributed by atoms with E-state index in [1.807, 2.05) is 13.0 Å². The van der Waals surface area contributed by atoms with Crippen LogP contribution in [-0.2, 0) is 14.3 Å². The van der Waals surface area contributed by atoms with Gasteiger partial charge in [-0.1, -0.05) is 37.6 Å². The van der Waals surface area contributed by atoms with Crippen LogP contribution >= 0.6 is 11.6 Å². The number of hydrogen-bond donors (Lipinski definition) is 1. The molecule has 2 fully saturated rings. The van der Waals surface area contributed by atoms with E-state index < -0.39 is 17.7 Å². The van der Waals surface area contributed by atoms with Gasteiger partial charge in [0.15, 0.2) is 0 Å². The molecule has 0 aliphatic carbocycles. The highest BCUT2D eigenvalue weighted by Crippen LogP contribution is 2.40. The topological polar surface area (TPSA) is 79.3 Å². The van der Waals surface area contributed by atoms with Crippen LogP contribution in [0.5, 0.6) is 5.75 Å². The maximum absolute atomic E-state index is 13.3. The van der Waals surface area contributed by atoms with Gasteiger partial charge in [-0.15, -0.1) is 0 Å². The van der Waals surface area contributed by atoms with E-state index in [-0.39, 0.29) is 11.3 Å². The molecule has 7 nitrogen and oxygen atoms in total. The number of aliphatic hydroxyl groups excluding tert-OH is 1. The van der Waals surface area contributed by atoms with E-state index in [0.29, 0.717) is 55.0 Å². The quantitative estimate of drug-likeness (QED) is 0.286. The fraction of sp³-hybridized carbons (Fsp3) is 0.448. The van der Waals surface area contributed by atoms with Crippen molar-refractivity contribution in [3.63, 3.8) is 0 Å². The standard InChI is InChI=1S/C29H35ClN2O5/c1-19(2)18-37-23-9-10-24(20(3)17-23)27(33)25-26(21-5-7-22(30)8-6-21)32(29(35)28(25)34)12-4-11-31-13-15-36-16-14-31/h5-10,17,19,26,33H,4,11-16,18H2,1-3H3/b27-25+. The van der Waals surface area contributed by atoms with Gasteiger partial charge in [0.2, 0.25) is 0 Å². The minimum Gasteiger partial charge on any atom is -0.507 e. The molecule has 1 atom stereocenters. The molecule has 2 saturated heterocycles. The summed E-state index contributed by atoms with van der Waals surface area (Å²) in [6, 6.07) is 11.7. The lowest BCUT2D eigenvalue weighted by Crippen LogP contribution is -2.38. The molecule has 0 aromatic heterocycles. The van der Waals surface area contributed by atoms with Crippen molar-refractivity contribution in [2.45, 2.75) is 33.2 Å². The summed E-state index contributed by atoms with van der Waals surface area (Å²) in [5.41, 5.74) is 2.08. The Kier molecular flexibility index (Phi) is 8.90. The Labute approximate surface area is 223 Å². The third-order valence-corrected chi connectivity index (χ3v) is 6.99. The number of carbonyl (C=O) groups is 2. The molecule has 1 unspecified atom stereocenters. The molecule has 1 amide bonds. The molecule has 1 N–H and O–H groups in total. The Morgan fingerprint density at radius 3 is 2.46 bits per heavy atom. The Balaban J connectivity index is 1.65. The molecule has 2 heterocycles. The van der Waals surface area contributed by atoms with Gasteiger partial charge in [0, 0.05) is 36.8 Å². The van der Waals surface area contributed by atoms with Crippen LogP contribution in [0.15, 0.2) is 48.0 Å². The second-order valence-corrected chi connectivity index (χ2v) is 10.5. The third kappa shape index (κ3) is 6.35. The highest BCUT2D eigenvalue weighted by molar-refractivity contribution is 6.46. The molecular weight excluding hydrogens is 492 g/mol. The zero-order valence-corrected chi connectivity index (χ0v) is 22.5. The Morgan fingerprint density at radius 2 is 1.81 bits per heavy atom. The van der Waals surface area contributed by atoms with Crippen LogP contribution in [0.2, 0.25) is 5.02 Å². The zero-order valence-electron chi connectivity index (χ0n) is 21.7. The lowest BCUT2D eigenvalue weighted by molar-refractivity contribution is -0.140. The summed E-state index contributed by atoms with van der Waals surface area (Å²) in [5.74, 6) is -0.379. The Bertz CT molecular complexity index is 1160. The summed E-state index contributed by atoms with van der Waals surface area (Å²) in [6.45, 7) is 10.9. The molecule has 4 rings (SSSR count). The molecule has 198 valence electrons. The van der Waals surface area contributed by atoms with Crippen LogP contribution in [0.4, 0.5) is 0 Å². The van der Waals surface area contributed by atoms with Gasteiger partial charge in [-0.2, -0.15) is 0 Å². The van der Waals surface area contributed by atoms with Crippen molar-refractivity contribution >= 4 is 29.1 Å². The number of morpholine rings is 1. The number of hydrogen-bond acceptors (Lipinski definition) is 6. The van der Waals surface area contributed by atoms with Crippen LogP contribution in [0.1, 0.15) is 43.0 Å². The summed E-state index contributed by atoms with van der Waals surface area (Å²) in [6.07, 6.45) is 0.706. The normalized spacial score (nSPS) is 20.1. The number of nitrogens with zero attached hydrogens (tertiary/aromatic N) is 2. The van der Waals surface area contributed by atoms with E-state index in [4.69, 9.17) is 21.1 Å². The number of rotatable bonds is 9. The highest BCUT2D eigenvalue weighted by atomic mass is 35.5. The van der Waals surface area contributed by atoms with Gasteiger partial charge in [0.1, 0.15) is 11.5 Å². The van der Waals surface area contributed by atoms with Crippen molar-refractivity contribution in [1.29, 1.82) is 0 Å². The molecule has 0 radical (unpaired) electrons. The monoisotopic (exact) mass is 526 g/mol. The molecular formula is C29H35ClN2O5. The number of aliphatic hydroxyl groups is 1. The lowest BCUT2D eigenvalue weighted by Gasteiger charge is -2.29. The second-order valence-electron chi connectivity index (χ2n) is 10.0. The van der Waals surface area contributed by atoms with Gasteiger partial charge in [0.05, 0.1) is 31.4 Å². The zero-order chi connectivity index (χ0) is 26.5. The minimum atomic E-state index is -0.696. The minimum absolute atomic E-state index is 0.0950. The fourth-order valence-electron chi connectivity index (χ4n) is 4.79. The number of carbonyl (C=O) groups excluding carboxylic acids is 2. The molecule has 0 saturated carbocycles. The maximum atomic E-state index is 13.3. The number of benzene rings is 2. The number of ether oxygens (including phenoxy) is 2. The lowest BCUT2D eigenvalue weighted by atomic mass is 9.94. The van der Waals surface area contributed by atoms with Crippen molar-refractivity contribution in [2.75, 3.05) is 46.0 Å². The molecule has 0 spiro atoms. The van der Waals surface area contributed by atoms with E-state index in [0.717, 1.165) is 30.8 Å². The average molecular weight is 527 g/mol. The summed E-state index contributed by atoms with van der Waals surface area (Å²) < 4.78 is 11.2. The van der Waals surface area contributed by atoms with Gasteiger partial charge < -0.3 is 19.5 Å². The SMILES string of the molecule is Cc1cc(OCC(C)C)ccc1/C(O)=C1\C(=O)C(=O)N(CCCN2CCOCC2)C1c1ccc(Cl)cc1. The third-order valence-electron chi connectivity index (χ3n) is 6.74. The number of likely N-dealkylation sites (tertiary alicyclic amines) is 1. The maximum Gasteiger partial charge on any atom is 0.295 e. The number of Topliss-reactive ketones (excluding diaryl/α,β-unsaturated/α-hetero) is 1. The van der Waals surface area contributed by atoms with Crippen LogP contribution in [-0.4, -0.2) is 72.6 Å². The molecule has 2 aromatic rings. The number of ketones is 1. The molecule has 0 bridgehead atoms. The van der Waals surface area contributed by atoms with Crippen molar-refractivity contribution < 1.29 is 24.2 Å². The highest BCUT2D eigenvalue weighted by Gasteiger charge is 2.46. The number of aryl methyl sites for hydroxylation is 1. The van der Waals surface area contributed by atoms with E-state index in [1.165, 1.54) is 0 Å². The number of amides is 1. The van der Waals surface area contributed by atoms with Gasteiger partial charge in [-0.3, -0.25) is 14.5 Å². The smallest absolute Gasteiger partial charge is 0.295 e. The van der Waals surface area contributed by atoms with Crippen molar-refractivity contribution in [3.8, 4) is 5.75 Å². The van der Waals surface area contributed by atoms with Gasteiger partial charge in [0.25, 0.3) is 11.7 Å². The fourth-order valence-corrected chi connectivity index (χ4v) is 4.92. The van der Waals surface area contributed by atoms with E-state index >= 15 is 0 Å². The second kappa shape index (κ2) is 12.1. The van der Waals surface area contributed by atoms with Crippen LogP contribution in [0.3, 0.4) is 0 Å². The molecule has 2 aliphatic rings. The number of halogens is 1. The first-order valence-corrected chi connectivity index (χ1v) is 13.2. The molecule has 2 aliphatic heterocycles. The van der Waals surface area contributed by atoms with Crippen LogP contribution in [0, 0.1) is 12.8 Å². The first-order valence-electron chi connectivity index (χ1n) is 12.8. The van der Waals surface area contributed by atoms with Crippen molar-refractivity contribution in [3.05, 3.63) is 69.8 Å². The van der Waals surface area contributed by atoms with E-state index in [9.17, 15) is 14.7 Å². The Morgan fingerprint density at radius 1 is 1.11 bits per heavy atom. The first-order chi connectivity index (χ1) is 17.8. The van der Waals surface area contributed by atoms with Crippen LogP contribution < -0.4 is 4.74 Å². The predicted molar refractivity (Wildman–Crippen MR) is 144 cm³/mol. The van der Waals surface area contributed by atoms with E-state index in [2.05, 4.69) is 18.7 Å². The summed E-state index contributed by atoms with van der Waals surface area (Å²) in [4.78, 5) is 30.4. The summed E-state index contributed by atoms with van der Waals surface area (Å²) >= 11 is 6.12. The van der Waals surface area contributed by atoms with Gasteiger partial charge >= 0.3 is 0 Å². The van der Waals surface area contributed by atoms with Crippen LogP contribution in [0.25, 0.3) is 5.76 Å². The van der Waals surface area contributed by atoms with Crippen molar-refractivity contribution in [1.82, 2.24) is 9.80 Å². The average Bonchev–Trinajstić information content (AvgIpc) is 3.13. The van der Waals surface area contributed by atoms with Crippen molar-refractivity contribution in [2.24, 2.45) is 5.92 Å². The first kappa shape index (κ1) is 27.2. The predicted octanol–water partition coefficient (Wildman–Crippen LogP) is 4.83. The summed E-state index contributed by atoms with van der Waals surface area (Å²) in [7, 11) is 0. The van der Waals surface area contributed by atoms with E-state index in [1.54, 1.807) is 41.3 Å².